The summed E-state index contributed by atoms with van der Waals surface area (Å²) >= 11 is 1.15. The summed E-state index contributed by atoms with van der Waals surface area (Å²) in [5.41, 5.74) is -0.819. The largest absolute Gasteiger partial charge is 0.472 e. The Labute approximate surface area is 184 Å². The lowest BCUT2D eigenvalue weighted by molar-refractivity contribution is -0.146. The first kappa shape index (κ1) is 27.4. The van der Waals surface area contributed by atoms with Crippen LogP contribution in [0.3, 0.4) is 0 Å². The van der Waals surface area contributed by atoms with Crippen LogP contribution in [-0.2, 0) is 42.3 Å². The normalized spacial score (nSPS) is 23.3. The first-order valence-electron chi connectivity index (χ1n) is 9.38. The Balaban J connectivity index is 2.34. The summed E-state index contributed by atoms with van der Waals surface area (Å²) in [6.45, 7) is 3.41. The van der Waals surface area contributed by atoms with Gasteiger partial charge in [-0.15, -0.1) is 11.8 Å². The van der Waals surface area contributed by atoms with Gasteiger partial charge in [-0.3, -0.25) is 28.2 Å². The topological polar surface area (TPSA) is 167 Å². The van der Waals surface area contributed by atoms with E-state index in [4.69, 9.17) is 9.05 Å². The molecule has 1 fully saturated rings. The summed E-state index contributed by atoms with van der Waals surface area (Å²) in [4.78, 5) is 56.7. The van der Waals surface area contributed by atoms with Crippen molar-refractivity contribution in [2.45, 2.75) is 38.0 Å². The number of carbonyl (C=O) groups is 4. The van der Waals surface area contributed by atoms with E-state index in [2.05, 4.69) is 20.1 Å². The van der Waals surface area contributed by atoms with Gasteiger partial charge in [0.15, 0.2) is 6.10 Å². The van der Waals surface area contributed by atoms with Crippen molar-refractivity contribution >= 4 is 43.3 Å². The van der Waals surface area contributed by atoms with Crippen molar-refractivity contribution in [1.82, 2.24) is 10.6 Å². The number of hydrogen-bond donors (Lipinski definition) is 3. The molecule has 0 radical (unpaired) electrons. The van der Waals surface area contributed by atoms with Gasteiger partial charge in [0.2, 0.25) is 11.8 Å². The minimum absolute atomic E-state index is 0.00252. The molecule has 1 saturated heterocycles. The average molecular weight is 484 g/mol. The second-order valence-electron chi connectivity index (χ2n) is 7.27. The van der Waals surface area contributed by atoms with E-state index in [1.54, 1.807) is 13.8 Å². The van der Waals surface area contributed by atoms with Crippen molar-refractivity contribution in [2.75, 3.05) is 39.7 Å². The Morgan fingerprint density at radius 2 is 1.87 bits per heavy atom. The molecule has 1 aliphatic rings. The van der Waals surface area contributed by atoms with E-state index in [1.807, 2.05) is 0 Å². The third kappa shape index (κ3) is 9.56. The van der Waals surface area contributed by atoms with Crippen molar-refractivity contribution < 1.29 is 47.2 Å². The van der Waals surface area contributed by atoms with Crippen molar-refractivity contribution in [2.24, 2.45) is 5.41 Å². The lowest BCUT2D eigenvalue weighted by atomic mass is 9.87. The van der Waals surface area contributed by atoms with Crippen LogP contribution in [0.25, 0.3) is 0 Å². The highest BCUT2D eigenvalue weighted by atomic mass is 32.2. The number of phosphoric acid groups is 1. The molecule has 3 N–H and O–H groups in total. The van der Waals surface area contributed by atoms with Crippen molar-refractivity contribution in [1.29, 1.82) is 0 Å². The Hall–Kier alpha value is -1.66. The van der Waals surface area contributed by atoms with Crippen molar-refractivity contribution in [3.8, 4) is 0 Å². The van der Waals surface area contributed by atoms with E-state index in [0.717, 1.165) is 11.8 Å². The molecule has 2 amide bonds. The van der Waals surface area contributed by atoms with Gasteiger partial charge in [0.05, 0.1) is 27.2 Å². The average Bonchev–Trinajstić information content (AvgIpc) is 2.71. The number of amides is 2. The lowest BCUT2D eigenvalue weighted by Gasteiger charge is -2.38. The van der Waals surface area contributed by atoms with Crippen molar-refractivity contribution in [3.63, 3.8) is 0 Å². The van der Waals surface area contributed by atoms with Gasteiger partial charge in [0.25, 0.3) is 0 Å². The van der Waals surface area contributed by atoms with Gasteiger partial charge in [-0.1, -0.05) is 13.8 Å². The number of hydrogen-bond acceptors (Lipinski definition) is 10. The maximum Gasteiger partial charge on any atom is 0.472 e. The molecule has 1 rings (SSSR count). The van der Waals surface area contributed by atoms with Gasteiger partial charge in [-0.2, -0.15) is 0 Å². The van der Waals surface area contributed by atoms with Crippen LogP contribution in [0, 0.1) is 5.41 Å². The first-order valence-corrected chi connectivity index (χ1v) is 11.9. The number of phosphoric ester groups is 1. The first-order chi connectivity index (χ1) is 14.4. The third-order valence-corrected chi connectivity index (χ3v) is 6.36. The molecule has 0 spiro atoms. The van der Waals surface area contributed by atoms with Gasteiger partial charge >= 0.3 is 19.8 Å². The highest BCUT2D eigenvalue weighted by molar-refractivity contribution is 8.00. The summed E-state index contributed by atoms with van der Waals surface area (Å²) < 4.78 is 30.3. The smallest absolute Gasteiger partial charge is 0.469 e. The van der Waals surface area contributed by atoms with Crippen LogP contribution in [-0.4, -0.2) is 79.7 Å². The molecule has 0 saturated carbocycles. The number of methoxy groups -OCH3 is 2. The molecule has 12 nitrogen and oxygen atoms in total. The molecule has 2 unspecified atom stereocenters. The zero-order chi connectivity index (χ0) is 23.7. The summed E-state index contributed by atoms with van der Waals surface area (Å²) in [7, 11) is -1.84. The maximum atomic E-state index is 12.3. The molecule has 178 valence electrons. The lowest BCUT2D eigenvalue weighted by Crippen LogP contribution is -2.49. The van der Waals surface area contributed by atoms with Crippen LogP contribution in [0.1, 0.15) is 26.7 Å². The van der Waals surface area contributed by atoms with Crippen LogP contribution < -0.4 is 10.6 Å². The molecule has 0 bridgehead atoms. The van der Waals surface area contributed by atoms with E-state index in [0.29, 0.717) is 5.75 Å². The monoisotopic (exact) mass is 484 g/mol. The third-order valence-electron chi connectivity index (χ3n) is 4.22. The fraction of sp³-hybridized carbons (Fsp3) is 0.765. The minimum atomic E-state index is -4.28. The van der Waals surface area contributed by atoms with E-state index in [-0.39, 0.29) is 38.4 Å². The standard InChI is InChI=1S/C17H29N2O10PS/c1-17(2)10-28-30(24,25)29-14(17)15(22)19-6-5-12(20)18-7-8-31-11(16(23)27-4)9-13(21)26-3/h11,14H,5-10H2,1-4H3,(H,18,20)(H,19,22)(H,24,25)/t11?,14-/m0/s1. The molecule has 0 aromatic carbocycles. The van der Waals surface area contributed by atoms with Crippen LogP contribution in [0.2, 0.25) is 0 Å². The number of rotatable bonds is 11. The van der Waals surface area contributed by atoms with E-state index >= 15 is 0 Å². The Morgan fingerprint density at radius 3 is 2.48 bits per heavy atom. The van der Waals surface area contributed by atoms with Gasteiger partial charge in [0.1, 0.15) is 5.25 Å². The van der Waals surface area contributed by atoms with E-state index in [9.17, 15) is 28.6 Å². The quantitative estimate of drug-likeness (QED) is 0.205. The zero-order valence-electron chi connectivity index (χ0n) is 17.9. The molecule has 14 heteroatoms. The van der Waals surface area contributed by atoms with Gasteiger partial charge in [0, 0.05) is 30.7 Å². The SMILES string of the molecule is COC(=O)CC(SCCNC(=O)CCNC(=O)[C@@H]1OP(=O)(O)OCC1(C)C)C(=O)OC. The van der Waals surface area contributed by atoms with Crippen LogP contribution >= 0.6 is 19.6 Å². The zero-order valence-corrected chi connectivity index (χ0v) is 19.6. The molecule has 1 aliphatic heterocycles. The molecule has 1 heterocycles. The summed E-state index contributed by atoms with van der Waals surface area (Å²) in [5.74, 6) is -1.71. The van der Waals surface area contributed by atoms with E-state index < -0.39 is 42.4 Å². The second kappa shape index (κ2) is 12.4. The van der Waals surface area contributed by atoms with Crippen LogP contribution in [0.15, 0.2) is 0 Å². The Bertz CT molecular complexity index is 717. The molecule has 3 atom stereocenters. The summed E-state index contributed by atoms with van der Waals surface area (Å²) in [6.07, 6.45) is -1.36. The predicted molar refractivity (Wildman–Crippen MR) is 110 cm³/mol. The highest BCUT2D eigenvalue weighted by Crippen LogP contribution is 2.52. The fourth-order valence-corrected chi connectivity index (χ4v) is 4.68. The minimum Gasteiger partial charge on any atom is -0.469 e. The number of thioether (sulfide) groups is 1. The molecular formula is C17H29N2O10PS. The summed E-state index contributed by atoms with van der Waals surface area (Å²) in [6, 6.07) is 0. The number of carbonyl (C=O) groups excluding carboxylic acids is 4. The number of ether oxygens (including phenoxy) is 2. The molecule has 31 heavy (non-hydrogen) atoms. The Kier molecular flexibility index (Phi) is 10.9. The number of nitrogens with one attached hydrogen (secondary N) is 2. The van der Waals surface area contributed by atoms with Crippen LogP contribution in [0.4, 0.5) is 0 Å². The van der Waals surface area contributed by atoms with Gasteiger partial charge < -0.3 is 25.0 Å². The molecular weight excluding hydrogens is 455 g/mol. The molecule has 0 aromatic rings. The number of esters is 2. The highest BCUT2D eigenvalue weighted by Gasteiger charge is 2.47. The Morgan fingerprint density at radius 1 is 1.19 bits per heavy atom. The van der Waals surface area contributed by atoms with Crippen molar-refractivity contribution in [3.05, 3.63) is 0 Å². The molecule has 0 aromatic heterocycles. The summed E-state index contributed by atoms with van der Waals surface area (Å²) in [5, 5.41) is 4.40. The fourth-order valence-electron chi connectivity index (χ4n) is 2.48. The molecule has 0 aliphatic carbocycles. The van der Waals surface area contributed by atoms with Gasteiger partial charge in [-0.05, 0) is 0 Å². The van der Waals surface area contributed by atoms with Crippen LogP contribution in [0.5, 0.6) is 0 Å². The van der Waals surface area contributed by atoms with E-state index in [1.165, 1.54) is 14.2 Å². The second-order valence-corrected chi connectivity index (χ2v) is 9.99. The predicted octanol–water partition coefficient (Wildman–Crippen LogP) is -0.0112. The maximum absolute atomic E-state index is 12.3. The van der Waals surface area contributed by atoms with Gasteiger partial charge in [-0.25, -0.2) is 4.57 Å².